The van der Waals surface area contributed by atoms with Crippen molar-refractivity contribution >= 4 is 11.7 Å². The van der Waals surface area contributed by atoms with Gasteiger partial charge in [-0.05, 0) is 18.3 Å². The van der Waals surface area contributed by atoms with E-state index in [1.54, 1.807) is 24.3 Å². The Bertz CT molecular complexity index is 447. The fourth-order valence-electron chi connectivity index (χ4n) is 1.11. The smallest absolute Gasteiger partial charge is 0.255 e. The Hall–Kier alpha value is -1.13. The standard InChI is InChI=1S/C11H8N3O.Y/c15-11(9-4-2-1-3-5-9)14-10-8-12-6-7-13-10;/h1-5,7-8H,(H,13,14,15);/q-1;. The van der Waals surface area contributed by atoms with Gasteiger partial charge in [-0.3, -0.25) is 9.78 Å². The first kappa shape index (κ1) is 12.9. The van der Waals surface area contributed by atoms with Crippen LogP contribution in [-0.4, -0.2) is 15.9 Å². The number of carbonyl (C=O) groups is 1. The van der Waals surface area contributed by atoms with Gasteiger partial charge in [0.25, 0.3) is 5.91 Å². The quantitative estimate of drug-likeness (QED) is 0.852. The van der Waals surface area contributed by atoms with Gasteiger partial charge in [-0.25, -0.2) is 0 Å². The normalized spacial score (nSPS) is 9.00. The maximum Gasteiger partial charge on any atom is 0.255 e. The molecule has 0 saturated heterocycles. The van der Waals surface area contributed by atoms with Gasteiger partial charge in [-0.2, -0.15) is 0 Å². The maximum absolute atomic E-state index is 11.6. The third-order valence-electron chi connectivity index (χ3n) is 1.80. The minimum Gasteiger partial charge on any atom is -0.454 e. The minimum absolute atomic E-state index is 0. The summed E-state index contributed by atoms with van der Waals surface area (Å²) < 4.78 is 0. The maximum atomic E-state index is 11.6. The second-order valence-corrected chi connectivity index (χ2v) is 2.85. The van der Waals surface area contributed by atoms with E-state index in [-0.39, 0.29) is 38.6 Å². The summed E-state index contributed by atoms with van der Waals surface area (Å²) in [5, 5.41) is 2.63. The van der Waals surface area contributed by atoms with Crippen molar-refractivity contribution in [3.63, 3.8) is 0 Å². The van der Waals surface area contributed by atoms with Gasteiger partial charge >= 0.3 is 0 Å². The van der Waals surface area contributed by atoms with Crippen molar-refractivity contribution in [2.24, 2.45) is 0 Å². The van der Waals surface area contributed by atoms with Crippen LogP contribution in [0, 0.1) is 6.20 Å². The fourth-order valence-corrected chi connectivity index (χ4v) is 1.11. The average Bonchev–Trinajstić information content (AvgIpc) is 2.31. The van der Waals surface area contributed by atoms with Crippen molar-refractivity contribution in [2.75, 3.05) is 5.32 Å². The van der Waals surface area contributed by atoms with Crippen LogP contribution in [0.25, 0.3) is 0 Å². The first-order chi connectivity index (χ1) is 7.36. The monoisotopic (exact) mass is 287 g/mol. The van der Waals surface area contributed by atoms with Gasteiger partial charge < -0.3 is 10.3 Å². The molecule has 77 valence electrons. The van der Waals surface area contributed by atoms with Crippen LogP contribution in [0.4, 0.5) is 5.82 Å². The van der Waals surface area contributed by atoms with Gasteiger partial charge in [0.2, 0.25) is 0 Å². The molecule has 1 aromatic heterocycles. The second-order valence-electron chi connectivity index (χ2n) is 2.85. The third-order valence-corrected chi connectivity index (χ3v) is 1.80. The second kappa shape index (κ2) is 6.45. The van der Waals surface area contributed by atoms with Crippen LogP contribution in [0.5, 0.6) is 0 Å². The van der Waals surface area contributed by atoms with Gasteiger partial charge in [0, 0.05) is 38.3 Å². The number of rotatable bonds is 2. The number of hydrogen-bond acceptors (Lipinski definition) is 3. The van der Waals surface area contributed by atoms with Crippen molar-refractivity contribution in [1.82, 2.24) is 9.97 Å². The molecule has 1 radical (unpaired) electrons. The molecule has 0 unspecified atom stereocenters. The molecule has 0 spiro atoms. The molecule has 0 fully saturated rings. The van der Waals surface area contributed by atoms with E-state index in [1.165, 1.54) is 12.4 Å². The van der Waals surface area contributed by atoms with E-state index in [1.807, 2.05) is 6.07 Å². The van der Waals surface area contributed by atoms with Gasteiger partial charge in [-0.15, -0.1) is 6.20 Å². The van der Waals surface area contributed by atoms with E-state index in [0.717, 1.165) is 0 Å². The molecule has 4 nitrogen and oxygen atoms in total. The zero-order valence-electron chi connectivity index (χ0n) is 8.42. The van der Waals surface area contributed by atoms with Gasteiger partial charge in [-0.1, -0.05) is 24.4 Å². The molecular formula is C11H8N3OY-. The molecule has 16 heavy (non-hydrogen) atoms. The van der Waals surface area contributed by atoms with Crippen LogP contribution < -0.4 is 5.32 Å². The van der Waals surface area contributed by atoms with E-state index in [9.17, 15) is 4.79 Å². The molecule has 0 saturated carbocycles. The van der Waals surface area contributed by atoms with Crippen molar-refractivity contribution in [3.8, 4) is 0 Å². The Labute approximate surface area is 118 Å². The molecule has 0 aliphatic carbocycles. The number of nitrogens with one attached hydrogen (secondary N) is 1. The van der Waals surface area contributed by atoms with Crippen LogP contribution in [0.3, 0.4) is 0 Å². The average molecular weight is 287 g/mol. The van der Waals surface area contributed by atoms with E-state index < -0.39 is 0 Å². The predicted octanol–water partition coefficient (Wildman–Crippen LogP) is 1.53. The SMILES string of the molecule is O=C(Nc1cn[c-]cn1)c1ccccc1.[Y]. The molecule has 0 atom stereocenters. The molecule has 1 heterocycles. The number of nitrogens with zero attached hydrogens (tertiary/aromatic N) is 2. The summed E-state index contributed by atoms with van der Waals surface area (Å²) in [6, 6.07) is 8.93. The minimum atomic E-state index is -0.198. The number of carbonyl (C=O) groups excluding carboxylic acids is 1. The first-order valence-electron chi connectivity index (χ1n) is 4.41. The zero-order valence-corrected chi connectivity index (χ0v) is 11.3. The summed E-state index contributed by atoms with van der Waals surface area (Å²) in [5.41, 5.74) is 0.590. The van der Waals surface area contributed by atoms with Crippen LogP contribution in [0.1, 0.15) is 10.4 Å². The molecule has 1 aromatic carbocycles. The summed E-state index contributed by atoms with van der Waals surface area (Å²) in [6.07, 6.45) is 5.38. The van der Waals surface area contributed by atoms with Crippen molar-refractivity contribution in [2.45, 2.75) is 0 Å². The van der Waals surface area contributed by atoms with Crippen LogP contribution in [0.2, 0.25) is 0 Å². The zero-order chi connectivity index (χ0) is 10.5. The predicted molar refractivity (Wildman–Crippen MR) is 55.3 cm³/mol. The van der Waals surface area contributed by atoms with Crippen molar-refractivity contribution in [3.05, 3.63) is 54.5 Å². The van der Waals surface area contributed by atoms with E-state index in [0.29, 0.717) is 11.4 Å². The number of amides is 1. The largest absolute Gasteiger partial charge is 0.454 e. The summed E-state index contributed by atoms with van der Waals surface area (Å²) in [4.78, 5) is 19.2. The number of aromatic nitrogens is 2. The van der Waals surface area contributed by atoms with Gasteiger partial charge in [0.15, 0.2) is 0 Å². The summed E-state index contributed by atoms with van der Waals surface area (Å²) in [7, 11) is 0. The molecule has 0 bridgehead atoms. The molecule has 2 rings (SSSR count). The first-order valence-corrected chi connectivity index (χ1v) is 4.41. The molecule has 1 N–H and O–H groups in total. The molecule has 2 aromatic rings. The Balaban J connectivity index is 0.00000128. The fraction of sp³-hybridized carbons (Fsp3) is 0. The summed E-state index contributed by atoms with van der Waals surface area (Å²) in [6.45, 7) is 0. The Morgan fingerprint density at radius 2 is 2.00 bits per heavy atom. The summed E-state index contributed by atoms with van der Waals surface area (Å²) in [5.74, 6) is 0.221. The Kier molecular flexibility index (Phi) is 5.22. The van der Waals surface area contributed by atoms with E-state index in [4.69, 9.17) is 0 Å². The van der Waals surface area contributed by atoms with Gasteiger partial charge in [0.1, 0.15) is 0 Å². The third kappa shape index (κ3) is 3.47. The number of hydrogen-bond donors (Lipinski definition) is 1. The topological polar surface area (TPSA) is 54.9 Å². The van der Waals surface area contributed by atoms with E-state index >= 15 is 0 Å². The number of benzene rings is 1. The van der Waals surface area contributed by atoms with Crippen LogP contribution in [-0.2, 0) is 32.7 Å². The number of anilines is 1. The van der Waals surface area contributed by atoms with Crippen molar-refractivity contribution < 1.29 is 37.5 Å². The molecule has 0 aliphatic rings. The molecule has 5 heteroatoms. The van der Waals surface area contributed by atoms with E-state index in [2.05, 4.69) is 21.5 Å². The Morgan fingerprint density at radius 1 is 1.25 bits per heavy atom. The van der Waals surface area contributed by atoms with Crippen molar-refractivity contribution in [1.29, 1.82) is 0 Å². The van der Waals surface area contributed by atoms with Crippen LogP contribution in [0.15, 0.2) is 42.7 Å². The van der Waals surface area contributed by atoms with Gasteiger partial charge in [0.05, 0.1) is 5.82 Å². The molecule has 0 aliphatic heterocycles. The van der Waals surface area contributed by atoms with Crippen LogP contribution >= 0.6 is 0 Å². The Morgan fingerprint density at radius 3 is 2.62 bits per heavy atom. The molecular weight excluding hydrogens is 279 g/mol. The molecule has 1 amide bonds. The summed E-state index contributed by atoms with van der Waals surface area (Å²) >= 11 is 0.